The Balaban J connectivity index is 2.20. The normalized spacial score (nSPS) is 14.2. The Bertz CT molecular complexity index is 332. The summed E-state index contributed by atoms with van der Waals surface area (Å²) in [6.07, 6.45) is -0.534. The quantitative estimate of drug-likeness (QED) is 0.768. The van der Waals surface area contributed by atoms with Gasteiger partial charge in [-0.15, -0.1) is 0 Å². The number of benzene rings is 1. The van der Waals surface area contributed by atoms with Crippen molar-refractivity contribution in [1.29, 1.82) is 0 Å². The highest BCUT2D eigenvalue weighted by Gasteiger charge is 2.07. The molecule has 0 fully saturated rings. The molecule has 0 saturated heterocycles. The van der Waals surface area contributed by atoms with E-state index in [0.29, 0.717) is 13.2 Å². The number of methoxy groups -OCH3 is 1. The molecule has 2 N–H and O–H groups in total. The minimum atomic E-state index is -0.534. The van der Waals surface area contributed by atoms with E-state index in [-0.39, 0.29) is 12.6 Å². The van der Waals surface area contributed by atoms with Crippen LogP contribution in [0.1, 0.15) is 6.92 Å². The van der Waals surface area contributed by atoms with Gasteiger partial charge in [0.2, 0.25) is 0 Å². The smallest absolute Gasteiger partial charge is 0.119 e. The molecule has 0 bridgehead atoms. The van der Waals surface area contributed by atoms with Crippen LogP contribution in [0.15, 0.2) is 28.7 Å². The fourth-order valence-corrected chi connectivity index (χ4v) is 1.69. The summed E-state index contributed by atoms with van der Waals surface area (Å²) >= 11 is 3.35. The number of aliphatic hydroxyl groups is 1. The van der Waals surface area contributed by atoms with Gasteiger partial charge in [-0.1, -0.05) is 15.9 Å². The molecule has 1 aromatic carbocycles. The molecule has 4 nitrogen and oxygen atoms in total. The van der Waals surface area contributed by atoms with E-state index in [0.717, 1.165) is 10.2 Å². The van der Waals surface area contributed by atoms with Crippen molar-refractivity contribution < 1.29 is 14.6 Å². The molecular weight excluding hydrogens is 298 g/mol. The van der Waals surface area contributed by atoms with E-state index in [1.165, 1.54) is 0 Å². The fourth-order valence-electron chi connectivity index (χ4n) is 1.43. The van der Waals surface area contributed by atoms with Crippen molar-refractivity contribution in [3.05, 3.63) is 28.7 Å². The topological polar surface area (TPSA) is 50.7 Å². The van der Waals surface area contributed by atoms with Crippen molar-refractivity contribution >= 4 is 15.9 Å². The lowest BCUT2D eigenvalue weighted by Gasteiger charge is -2.17. The third-order valence-electron chi connectivity index (χ3n) is 2.37. The van der Waals surface area contributed by atoms with Gasteiger partial charge in [0.25, 0.3) is 0 Å². The third-order valence-corrected chi connectivity index (χ3v) is 2.90. The van der Waals surface area contributed by atoms with Crippen molar-refractivity contribution in [3.63, 3.8) is 0 Å². The minimum Gasteiger partial charge on any atom is -0.491 e. The molecular formula is C13H20BrNO3. The second kappa shape index (κ2) is 8.48. The van der Waals surface area contributed by atoms with Crippen LogP contribution < -0.4 is 10.1 Å². The van der Waals surface area contributed by atoms with Crippen LogP contribution in [-0.4, -0.2) is 44.1 Å². The molecule has 0 aliphatic rings. The standard InChI is InChI=1S/C13H20BrNO3/c1-10(8-17-2)15-7-12(16)9-18-13-5-3-11(14)4-6-13/h3-6,10,12,15-16H,7-9H2,1-2H3. The SMILES string of the molecule is COCC(C)NCC(O)COc1ccc(Br)cc1. The zero-order valence-corrected chi connectivity index (χ0v) is 12.3. The number of hydrogen-bond acceptors (Lipinski definition) is 4. The Morgan fingerprint density at radius 1 is 1.28 bits per heavy atom. The predicted octanol–water partition coefficient (Wildman–Crippen LogP) is 1.81. The van der Waals surface area contributed by atoms with Crippen molar-refractivity contribution in [2.45, 2.75) is 19.1 Å². The average Bonchev–Trinajstić information content (AvgIpc) is 2.36. The molecule has 0 heterocycles. The molecule has 0 aliphatic carbocycles. The van der Waals surface area contributed by atoms with Crippen LogP contribution in [0.3, 0.4) is 0 Å². The largest absolute Gasteiger partial charge is 0.491 e. The summed E-state index contributed by atoms with van der Waals surface area (Å²) in [7, 11) is 1.66. The summed E-state index contributed by atoms with van der Waals surface area (Å²) in [5.41, 5.74) is 0. The molecule has 0 saturated carbocycles. The molecule has 1 aromatic rings. The highest BCUT2D eigenvalue weighted by Crippen LogP contribution is 2.16. The van der Waals surface area contributed by atoms with Crippen LogP contribution >= 0.6 is 15.9 Å². The number of ether oxygens (including phenoxy) is 2. The van der Waals surface area contributed by atoms with Gasteiger partial charge in [-0.05, 0) is 31.2 Å². The molecule has 0 aromatic heterocycles. The monoisotopic (exact) mass is 317 g/mol. The molecule has 18 heavy (non-hydrogen) atoms. The Labute approximate surface area is 116 Å². The van der Waals surface area contributed by atoms with Crippen LogP contribution in [0, 0.1) is 0 Å². The average molecular weight is 318 g/mol. The van der Waals surface area contributed by atoms with Gasteiger partial charge in [0.1, 0.15) is 18.5 Å². The second-order valence-corrected chi connectivity index (χ2v) is 5.10. The Morgan fingerprint density at radius 3 is 2.56 bits per heavy atom. The highest BCUT2D eigenvalue weighted by molar-refractivity contribution is 9.10. The van der Waals surface area contributed by atoms with Crippen molar-refractivity contribution in [2.24, 2.45) is 0 Å². The van der Waals surface area contributed by atoms with Crippen LogP contribution in [0.25, 0.3) is 0 Å². The summed E-state index contributed by atoms with van der Waals surface area (Å²) < 4.78 is 11.5. The maximum absolute atomic E-state index is 9.74. The number of halogens is 1. The maximum Gasteiger partial charge on any atom is 0.119 e. The van der Waals surface area contributed by atoms with Crippen molar-refractivity contribution in [3.8, 4) is 5.75 Å². The van der Waals surface area contributed by atoms with Gasteiger partial charge in [-0.2, -0.15) is 0 Å². The zero-order valence-electron chi connectivity index (χ0n) is 10.7. The van der Waals surface area contributed by atoms with Crippen LogP contribution in [0.4, 0.5) is 0 Å². The number of aliphatic hydroxyl groups excluding tert-OH is 1. The highest BCUT2D eigenvalue weighted by atomic mass is 79.9. The molecule has 1 rings (SSSR count). The van der Waals surface area contributed by atoms with Gasteiger partial charge < -0.3 is 19.9 Å². The van der Waals surface area contributed by atoms with Crippen LogP contribution in [-0.2, 0) is 4.74 Å². The van der Waals surface area contributed by atoms with E-state index < -0.39 is 6.10 Å². The fraction of sp³-hybridized carbons (Fsp3) is 0.538. The van der Waals surface area contributed by atoms with Crippen molar-refractivity contribution in [2.75, 3.05) is 26.9 Å². The summed E-state index contributed by atoms with van der Waals surface area (Å²) in [5.74, 6) is 0.752. The van der Waals surface area contributed by atoms with Crippen molar-refractivity contribution in [1.82, 2.24) is 5.32 Å². The molecule has 0 amide bonds. The van der Waals surface area contributed by atoms with Gasteiger partial charge in [0.05, 0.1) is 6.61 Å². The lowest BCUT2D eigenvalue weighted by molar-refractivity contribution is 0.0973. The zero-order chi connectivity index (χ0) is 13.4. The van der Waals surface area contributed by atoms with E-state index in [1.54, 1.807) is 7.11 Å². The Morgan fingerprint density at radius 2 is 1.94 bits per heavy atom. The Hall–Kier alpha value is -0.620. The van der Waals surface area contributed by atoms with E-state index in [1.807, 2.05) is 31.2 Å². The van der Waals surface area contributed by atoms with E-state index in [2.05, 4.69) is 21.2 Å². The summed E-state index contributed by atoms with van der Waals surface area (Å²) in [6.45, 7) is 3.39. The Kier molecular flexibility index (Phi) is 7.27. The van der Waals surface area contributed by atoms with Gasteiger partial charge in [0.15, 0.2) is 0 Å². The summed E-state index contributed by atoms with van der Waals surface area (Å²) in [6, 6.07) is 7.74. The second-order valence-electron chi connectivity index (χ2n) is 4.18. The molecule has 0 radical (unpaired) electrons. The summed E-state index contributed by atoms with van der Waals surface area (Å²) in [5, 5.41) is 12.9. The molecule has 2 atom stereocenters. The van der Waals surface area contributed by atoms with E-state index in [9.17, 15) is 5.11 Å². The first-order valence-corrected chi connectivity index (χ1v) is 6.70. The first kappa shape index (κ1) is 15.4. The third kappa shape index (κ3) is 6.35. The van der Waals surface area contributed by atoms with Gasteiger partial charge in [-0.25, -0.2) is 0 Å². The molecule has 102 valence electrons. The first-order valence-electron chi connectivity index (χ1n) is 5.90. The van der Waals surface area contributed by atoms with E-state index >= 15 is 0 Å². The lowest BCUT2D eigenvalue weighted by atomic mass is 10.3. The van der Waals surface area contributed by atoms with Gasteiger partial charge in [-0.3, -0.25) is 0 Å². The van der Waals surface area contributed by atoms with Crippen LogP contribution in [0.2, 0.25) is 0 Å². The number of hydrogen-bond donors (Lipinski definition) is 2. The number of nitrogens with one attached hydrogen (secondary N) is 1. The molecule has 0 spiro atoms. The first-order chi connectivity index (χ1) is 8.61. The maximum atomic E-state index is 9.74. The minimum absolute atomic E-state index is 0.220. The van der Waals surface area contributed by atoms with E-state index in [4.69, 9.17) is 9.47 Å². The lowest BCUT2D eigenvalue weighted by Crippen LogP contribution is -2.38. The van der Waals surface area contributed by atoms with Gasteiger partial charge in [0, 0.05) is 24.2 Å². The molecule has 2 unspecified atom stereocenters. The molecule has 0 aliphatic heterocycles. The summed E-state index contributed by atoms with van der Waals surface area (Å²) in [4.78, 5) is 0. The molecule has 5 heteroatoms. The van der Waals surface area contributed by atoms with Gasteiger partial charge >= 0.3 is 0 Å². The predicted molar refractivity (Wildman–Crippen MR) is 75.0 cm³/mol. The number of rotatable bonds is 8. The van der Waals surface area contributed by atoms with Crippen LogP contribution in [0.5, 0.6) is 5.75 Å².